The Balaban J connectivity index is 1.87. The van der Waals surface area contributed by atoms with Gasteiger partial charge in [-0.1, -0.05) is 6.92 Å². The Bertz CT molecular complexity index is 822. The maximum Gasteiger partial charge on any atom is 0.407 e. The lowest BCUT2D eigenvalue weighted by atomic mass is 9.99. The van der Waals surface area contributed by atoms with Crippen LogP contribution in [0.5, 0.6) is 0 Å². The monoisotopic (exact) mass is 589 g/mol. The third kappa shape index (κ3) is 6.51. The smallest absolute Gasteiger partial charge is 0.407 e. The number of alkyl carbamates (subject to hydrolysis) is 1. The van der Waals surface area contributed by atoms with Crippen LogP contribution in [0.1, 0.15) is 13.3 Å². The quantitative estimate of drug-likeness (QED) is 0.101. The molecule has 3 saturated heterocycles. The van der Waals surface area contributed by atoms with Crippen LogP contribution < -0.4 is 5.32 Å². The fraction of sp³-hybridized carbons (Fsp3) is 0.955. The Kier molecular flexibility index (Phi) is 11.4. The molecular formula is C22H39NO17. The lowest BCUT2D eigenvalue weighted by Crippen LogP contribution is -2.63. The molecule has 13 atom stereocenters. The first-order valence-electron chi connectivity index (χ1n) is 12.7. The van der Waals surface area contributed by atoms with Gasteiger partial charge in [-0.2, -0.15) is 0 Å². The van der Waals surface area contributed by atoms with Crippen molar-refractivity contribution in [3.63, 3.8) is 0 Å². The number of amides is 1. The zero-order chi connectivity index (χ0) is 29.8. The van der Waals surface area contributed by atoms with E-state index in [0.717, 1.165) is 0 Å². The van der Waals surface area contributed by atoms with Gasteiger partial charge in [0.25, 0.3) is 0 Å². The van der Waals surface area contributed by atoms with Gasteiger partial charge in [0.1, 0.15) is 80.9 Å². The summed E-state index contributed by atoms with van der Waals surface area (Å²) in [7, 11) is 0. The first-order valence-corrected chi connectivity index (χ1v) is 12.7. The first kappa shape index (κ1) is 33.2. The molecule has 3 rings (SSSR count). The molecule has 0 radical (unpaired) electrons. The molecule has 0 aromatic rings. The van der Waals surface area contributed by atoms with Gasteiger partial charge in [0.2, 0.25) is 11.6 Å². The van der Waals surface area contributed by atoms with Gasteiger partial charge in [-0.05, 0) is 6.42 Å². The molecule has 40 heavy (non-hydrogen) atoms. The molecule has 4 unspecified atom stereocenters. The molecule has 3 aliphatic rings. The number of carbonyl (C=O) groups is 1. The van der Waals surface area contributed by atoms with Crippen LogP contribution in [-0.4, -0.2) is 176 Å². The predicted molar refractivity (Wildman–Crippen MR) is 124 cm³/mol. The van der Waals surface area contributed by atoms with Crippen LogP contribution in [0.3, 0.4) is 0 Å². The number of nitrogens with one attached hydrogen (secondary N) is 1. The molecule has 18 nitrogen and oxygen atoms in total. The Labute approximate surface area is 228 Å². The second-order valence-corrected chi connectivity index (χ2v) is 9.78. The number of aliphatic hydroxyl groups is 10. The summed E-state index contributed by atoms with van der Waals surface area (Å²) in [5.41, 5.74) is 0. The molecule has 11 N–H and O–H groups in total. The van der Waals surface area contributed by atoms with Crippen LogP contribution in [0.15, 0.2) is 0 Å². The Morgan fingerprint density at radius 3 is 1.98 bits per heavy atom. The minimum Gasteiger partial charge on any atom is -0.447 e. The number of ether oxygens (including phenoxy) is 6. The second kappa shape index (κ2) is 13.8. The molecular weight excluding hydrogens is 550 g/mol. The highest BCUT2D eigenvalue weighted by atomic mass is 16.8. The molecule has 0 spiro atoms. The molecule has 18 heteroatoms. The first-order chi connectivity index (χ1) is 18.9. The van der Waals surface area contributed by atoms with Gasteiger partial charge in [-0.25, -0.2) is 4.79 Å². The summed E-state index contributed by atoms with van der Waals surface area (Å²) in [4.78, 5) is 11.9. The molecule has 3 aliphatic heterocycles. The van der Waals surface area contributed by atoms with Crippen molar-refractivity contribution in [1.29, 1.82) is 0 Å². The maximum absolute atomic E-state index is 11.9. The van der Waals surface area contributed by atoms with E-state index in [0.29, 0.717) is 13.0 Å². The summed E-state index contributed by atoms with van der Waals surface area (Å²) >= 11 is 0. The van der Waals surface area contributed by atoms with Crippen LogP contribution in [0, 0.1) is 0 Å². The van der Waals surface area contributed by atoms with Crippen molar-refractivity contribution in [2.75, 3.05) is 39.6 Å². The van der Waals surface area contributed by atoms with E-state index in [2.05, 4.69) is 5.32 Å². The van der Waals surface area contributed by atoms with Crippen LogP contribution in [0.2, 0.25) is 0 Å². The summed E-state index contributed by atoms with van der Waals surface area (Å²) in [6, 6.07) is 0. The van der Waals surface area contributed by atoms with E-state index in [1.54, 1.807) is 6.92 Å². The molecule has 3 fully saturated rings. The van der Waals surface area contributed by atoms with Crippen LogP contribution in [0.4, 0.5) is 4.79 Å². The predicted octanol–water partition coefficient (Wildman–Crippen LogP) is -6.43. The lowest BCUT2D eigenvalue weighted by molar-refractivity contribution is -0.399. The highest BCUT2D eigenvalue weighted by Gasteiger charge is 2.62. The highest BCUT2D eigenvalue weighted by Crippen LogP contribution is 2.40. The lowest BCUT2D eigenvalue weighted by Gasteiger charge is -2.44. The SMILES string of the molecule is CCCNC(=O)OC[C@H]1O[C@@](CO[C@]2(CO)O[C@H](CO)[C@H](O)C2O)(O[C@H]2OC(CO)[C@@H](O)[C@H](O)C2O)C(O)[C@H]1O. The molecule has 0 aromatic heterocycles. The summed E-state index contributed by atoms with van der Waals surface area (Å²) in [6.45, 7) is -2.23. The summed E-state index contributed by atoms with van der Waals surface area (Å²) in [5, 5.41) is 104. The van der Waals surface area contributed by atoms with E-state index in [4.69, 9.17) is 28.4 Å². The standard InChI is InChI=1S/C22H39NO17/c1-2-3-23-20(34)35-6-11-14(29)18(33)22(39-11,40-19-16(31)15(30)12(27)9(4-24)37-19)8-36-21(7-26)17(32)13(28)10(5-25)38-21/h9-19,24-33H,2-8H2,1H3,(H,23,34)/t9?,10-,11-,12-,13+,14+,15+,16?,17?,18?,19-,21-,22+/m1/s1. The van der Waals surface area contributed by atoms with Crippen molar-refractivity contribution >= 4 is 6.09 Å². The third-order valence-corrected chi connectivity index (χ3v) is 6.99. The van der Waals surface area contributed by atoms with Crippen LogP contribution in [0.25, 0.3) is 0 Å². The fourth-order valence-electron chi connectivity index (χ4n) is 4.56. The van der Waals surface area contributed by atoms with Crippen molar-refractivity contribution in [3.05, 3.63) is 0 Å². The van der Waals surface area contributed by atoms with Gasteiger partial charge in [-0.15, -0.1) is 0 Å². The molecule has 0 aliphatic carbocycles. The number of aliphatic hydroxyl groups excluding tert-OH is 10. The maximum atomic E-state index is 11.9. The van der Waals surface area contributed by atoms with Crippen molar-refractivity contribution < 1.29 is 84.3 Å². The second-order valence-electron chi connectivity index (χ2n) is 9.78. The van der Waals surface area contributed by atoms with Crippen molar-refractivity contribution in [3.8, 4) is 0 Å². The van der Waals surface area contributed by atoms with Crippen molar-refractivity contribution in [2.24, 2.45) is 0 Å². The Morgan fingerprint density at radius 1 is 0.800 bits per heavy atom. The van der Waals surface area contributed by atoms with Gasteiger partial charge in [0, 0.05) is 6.54 Å². The minimum atomic E-state index is -2.56. The highest BCUT2D eigenvalue weighted by molar-refractivity contribution is 5.67. The van der Waals surface area contributed by atoms with Gasteiger partial charge < -0.3 is 84.8 Å². The van der Waals surface area contributed by atoms with Crippen LogP contribution >= 0.6 is 0 Å². The Morgan fingerprint density at radius 2 is 1.40 bits per heavy atom. The largest absolute Gasteiger partial charge is 0.447 e. The van der Waals surface area contributed by atoms with Gasteiger partial charge in [0.15, 0.2) is 6.29 Å². The zero-order valence-corrected chi connectivity index (χ0v) is 21.6. The van der Waals surface area contributed by atoms with E-state index in [1.807, 2.05) is 0 Å². The minimum absolute atomic E-state index is 0.291. The summed E-state index contributed by atoms with van der Waals surface area (Å²) in [5.74, 6) is -4.95. The summed E-state index contributed by atoms with van der Waals surface area (Å²) in [6.07, 6.45) is -19.7. The fourth-order valence-corrected chi connectivity index (χ4v) is 4.56. The average molecular weight is 590 g/mol. The third-order valence-electron chi connectivity index (χ3n) is 6.99. The van der Waals surface area contributed by atoms with Crippen LogP contribution in [-0.2, 0) is 28.4 Å². The van der Waals surface area contributed by atoms with Gasteiger partial charge in [0.05, 0.1) is 13.2 Å². The van der Waals surface area contributed by atoms with Crippen molar-refractivity contribution in [2.45, 2.75) is 92.2 Å². The molecule has 1 amide bonds. The van der Waals surface area contributed by atoms with E-state index in [1.165, 1.54) is 0 Å². The van der Waals surface area contributed by atoms with E-state index in [9.17, 15) is 55.9 Å². The molecule has 234 valence electrons. The van der Waals surface area contributed by atoms with Gasteiger partial charge in [-0.3, -0.25) is 0 Å². The average Bonchev–Trinajstić information content (AvgIpc) is 3.34. The molecule has 0 aromatic carbocycles. The van der Waals surface area contributed by atoms with Gasteiger partial charge >= 0.3 is 6.09 Å². The number of hydrogen-bond donors (Lipinski definition) is 11. The van der Waals surface area contributed by atoms with E-state index >= 15 is 0 Å². The molecule has 3 heterocycles. The van der Waals surface area contributed by atoms with E-state index in [-0.39, 0.29) is 0 Å². The molecule has 0 bridgehead atoms. The van der Waals surface area contributed by atoms with E-state index < -0.39 is 118 Å². The number of rotatable bonds is 12. The van der Waals surface area contributed by atoms with Crippen molar-refractivity contribution in [1.82, 2.24) is 5.32 Å². The Hall–Kier alpha value is -1.33. The molecule has 0 saturated carbocycles. The topological polar surface area (TPSA) is 287 Å². The zero-order valence-electron chi connectivity index (χ0n) is 21.6. The normalized spacial score (nSPS) is 45.5. The number of carbonyl (C=O) groups excluding carboxylic acids is 1. The summed E-state index contributed by atoms with van der Waals surface area (Å²) < 4.78 is 32.5. The number of hydrogen-bond acceptors (Lipinski definition) is 17.